The number of methoxy groups -OCH3 is 1. The van der Waals surface area contributed by atoms with Gasteiger partial charge >= 0.3 is 0 Å². The van der Waals surface area contributed by atoms with Gasteiger partial charge in [-0.25, -0.2) is 0 Å². The molecule has 0 spiro atoms. The largest absolute Gasteiger partial charge is 0.497 e. The third-order valence-electron chi connectivity index (χ3n) is 7.34. The van der Waals surface area contributed by atoms with Gasteiger partial charge in [0.05, 0.1) is 7.11 Å². The second-order valence-corrected chi connectivity index (χ2v) is 9.23. The van der Waals surface area contributed by atoms with Gasteiger partial charge in [0, 0.05) is 38.6 Å². The van der Waals surface area contributed by atoms with Gasteiger partial charge in [0.25, 0.3) is 0 Å². The van der Waals surface area contributed by atoms with Crippen LogP contribution in [0.5, 0.6) is 5.75 Å². The first-order valence-electron chi connectivity index (χ1n) is 11.5. The molecule has 2 heterocycles. The van der Waals surface area contributed by atoms with E-state index < -0.39 is 0 Å². The van der Waals surface area contributed by atoms with Crippen LogP contribution < -0.4 is 10.1 Å². The summed E-state index contributed by atoms with van der Waals surface area (Å²) in [6.45, 7) is 7.09. The maximum absolute atomic E-state index is 5.50. The lowest BCUT2D eigenvalue weighted by Crippen LogP contribution is -2.46. The number of rotatable bonds is 6. The molecule has 3 fully saturated rings. The van der Waals surface area contributed by atoms with Crippen molar-refractivity contribution in [1.29, 1.82) is 0 Å². The molecule has 1 unspecified atom stereocenters. The highest BCUT2D eigenvalue weighted by Gasteiger charge is 2.37. The van der Waals surface area contributed by atoms with Gasteiger partial charge in [-0.2, -0.15) is 0 Å². The molecule has 0 amide bonds. The van der Waals surface area contributed by atoms with E-state index in [9.17, 15) is 0 Å². The lowest BCUT2D eigenvalue weighted by atomic mass is 9.78. The minimum atomic E-state index is 0.194. The first-order chi connectivity index (χ1) is 14.2. The molecular formula is C24H38N4O. The Balaban J connectivity index is 1.37. The van der Waals surface area contributed by atoms with Crippen molar-refractivity contribution < 1.29 is 4.74 Å². The predicted octanol–water partition coefficient (Wildman–Crippen LogP) is 3.50. The van der Waals surface area contributed by atoms with Gasteiger partial charge < -0.3 is 19.9 Å². The van der Waals surface area contributed by atoms with Crippen LogP contribution in [0.1, 0.15) is 50.5 Å². The predicted molar refractivity (Wildman–Crippen MR) is 120 cm³/mol. The second-order valence-electron chi connectivity index (χ2n) is 9.23. The highest BCUT2D eigenvalue weighted by molar-refractivity contribution is 5.80. The van der Waals surface area contributed by atoms with Gasteiger partial charge in [0.15, 0.2) is 5.96 Å². The molecule has 1 N–H and O–H groups in total. The van der Waals surface area contributed by atoms with Crippen molar-refractivity contribution in [2.75, 3.05) is 53.4 Å². The van der Waals surface area contributed by atoms with Gasteiger partial charge in [-0.15, -0.1) is 0 Å². The zero-order valence-corrected chi connectivity index (χ0v) is 18.3. The maximum Gasteiger partial charge on any atom is 0.193 e. The minimum Gasteiger partial charge on any atom is -0.497 e. The van der Waals surface area contributed by atoms with Gasteiger partial charge in [0.2, 0.25) is 0 Å². The molecule has 2 saturated heterocycles. The molecule has 0 aromatic heterocycles. The standard InChI is InChI=1S/C24H38N4O/c1-25-23(28-15-10-20(18-28)17-27-13-5-6-14-27)26-19-24(11-3-4-12-24)21-8-7-9-22(16-21)29-2/h7-9,16,20H,3-6,10-15,17-19H2,1-2H3,(H,25,26). The first kappa shape index (κ1) is 20.5. The first-order valence-corrected chi connectivity index (χ1v) is 11.5. The zero-order valence-electron chi connectivity index (χ0n) is 18.3. The fraction of sp³-hybridized carbons (Fsp3) is 0.708. The number of ether oxygens (including phenoxy) is 1. The summed E-state index contributed by atoms with van der Waals surface area (Å²) in [5.74, 6) is 2.83. The van der Waals surface area contributed by atoms with Crippen LogP contribution >= 0.6 is 0 Å². The summed E-state index contributed by atoms with van der Waals surface area (Å²) >= 11 is 0. The van der Waals surface area contributed by atoms with E-state index in [1.54, 1.807) is 7.11 Å². The van der Waals surface area contributed by atoms with Crippen molar-refractivity contribution >= 4 is 5.96 Å². The van der Waals surface area contributed by atoms with E-state index in [1.807, 2.05) is 13.1 Å². The Bertz CT molecular complexity index is 692. The molecule has 3 aliphatic rings. The minimum absolute atomic E-state index is 0.194. The average Bonchev–Trinajstić information content (AvgIpc) is 3.52. The van der Waals surface area contributed by atoms with E-state index in [0.717, 1.165) is 37.3 Å². The van der Waals surface area contributed by atoms with Gasteiger partial charge in [0.1, 0.15) is 5.75 Å². The summed E-state index contributed by atoms with van der Waals surface area (Å²) in [4.78, 5) is 9.78. The molecule has 1 aromatic rings. The number of aliphatic imine (C=N–C) groups is 1. The zero-order chi connectivity index (χ0) is 20.1. The Morgan fingerprint density at radius 2 is 1.97 bits per heavy atom. The van der Waals surface area contributed by atoms with Crippen molar-refractivity contribution in [1.82, 2.24) is 15.1 Å². The number of hydrogen-bond acceptors (Lipinski definition) is 3. The van der Waals surface area contributed by atoms with Crippen molar-refractivity contribution in [2.24, 2.45) is 10.9 Å². The molecular weight excluding hydrogens is 360 g/mol. The quantitative estimate of drug-likeness (QED) is 0.588. The molecule has 0 bridgehead atoms. The van der Waals surface area contributed by atoms with Crippen LogP contribution in [0, 0.1) is 5.92 Å². The Kier molecular flexibility index (Phi) is 6.63. The molecule has 29 heavy (non-hydrogen) atoms. The van der Waals surface area contributed by atoms with Gasteiger partial charge in [-0.3, -0.25) is 4.99 Å². The molecule has 1 saturated carbocycles. The van der Waals surface area contributed by atoms with E-state index in [-0.39, 0.29) is 5.41 Å². The Morgan fingerprint density at radius 3 is 2.69 bits per heavy atom. The van der Waals surface area contributed by atoms with Crippen molar-refractivity contribution in [3.8, 4) is 5.75 Å². The maximum atomic E-state index is 5.50. The summed E-state index contributed by atoms with van der Waals surface area (Å²) in [6.07, 6.45) is 9.14. The monoisotopic (exact) mass is 398 g/mol. The van der Waals surface area contributed by atoms with Gasteiger partial charge in [-0.1, -0.05) is 25.0 Å². The Labute approximate surface area is 176 Å². The highest BCUT2D eigenvalue weighted by atomic mass is 16.5. The van der Waals surface area contributed by atoms with E-state index in [2.05, 4.69) is 38.3 Å². The third-order valence-corrected chi connectivity index (χ3v) is 7.34. The van der Waals surface area contributed by atoms with Crippen LogP contribution in [0.2, 0.25) is 0 Å². The lowest BCUT2D eigenvalue weighted by Gasteiger charge is -2.32. The molecule has 1 aliphatic carbocycles. The normalized spacial score (nSPS) is 25.0. The fourth-order valence-corrected chi connectivity index (χ4v) is 5.66. The van der Waals surface area contributed by atoms with Crippen molar-refractivity contribution in [2.45, 2.75) is 50.4 Å². The molecule has 0 radical (unpaired) electrons. The lowest BCUT2D eigenvalue weighted by molar-refractivity contribution is 0.280. The van der Waals surface area contributed by atoms with Gasteiger partial charge in [-0.05, 0) is 68.8 Å². The molecule has 160 valence electrons. The molecule has 5 heteroatoms. The van der Waals surface area contributed by atoms with Crippen LogP contribution in [-0.4, -0.2) is 69.2 Å². The fourth-order valence-electron chi connectivity index (χ4n) is 5.66. The third kappa shape index (κ3) is 4.71. The molecule has 1 aromatic carbocycles. The molecule has 1 atom stereocenters. The van der Waals surface area contributed by atoms with Crippen molar-refractivity contribution in [3.05, 3.63) is 29.8 Å². The number of guanidine groups is 1. The number of hydrogen-bond donors (Lipinski definition) is 1. The number of likely N-dealkylation sites (tertiary alicyclic amines) is 2. The average molecular weight is 399 g/mol. The highest BCUT2D eigenvalue weighted by Crippen LogP contribution is 2.41. The summed E-state index contributed by atoms with van der Waals surface area (Å²) < 4.78 is 5.50. The van der Waals surface area contributed by atoms with Crippen LogP contribution in [-0.2, 0) is 5.41 Å². The summed E-state index contributed by atoms with van der Waals surface area (Å²) in [6, 6.07) is 8.69. The van der Waals surface area contributed by atoms with E-state index in [4.69, 9.17) is 4.74 Å². The number of benzene rings is 1. The SMILES string of the molecule is CN=C(NCC1(c2cccc(OC)c2)CCCC1)N1CCC(CN2CCCC2)C1. The van der Waals surface area contributed by atoms with E-state index in [1.165, 1.54) is 70.1 Å². The van der Waals surface area contributed by atoms with Crippen LogP contribution in [0.3, 0.4) is 0 Å². The van der Waals surface area contributed by atoms with Crippen molar-refractivity contribution in [3.63, 3.8) is 0 Å². The van der Waals surface area contributed by atoms with Crippen LogP contribution in [0.15, 0.2) is 29.3 Å². The van der Waals surface area contributed by atoms with E-state index >= 15 is 0 Å². The number of nitrogens with one attached hydrogen (secondary N) is 1. The number of nitrogens with zero attached hydrogens (tertiary/aromatic N) is 3. The molecule has 5 nitrogen and oxygen atoms in total. The topological polar surface area (TPSA) is 40.1 Å². The van der Waals surface area contributed by atoms with Crippen LogP contribution in [0.25, 0.3) is 0 Å². The van der Waals surface area contributed by atoms with E-state index in [0.29, 0.717) is 0 Å². The second kappa shape index (κ2) is 9.38. The Hall–Kier alpha value is -1.75. The smallest absolute Gasteiger partial charge is 0.193 e. The summed E-state index contributed by atoms with van der Waals surface area (Å²) in [7, 11) is 3.69. The molecule has 4 rings (SSSR count). The van der Waals surface area contributed by atoms with Crippen LogP contribution in [0.4, 0.5) is 0 Å². The molecule has 2 aliphatic heterocycles. The summed E-state index contributed by atoms with van der Waals surface area (Å²) in [5.41, 5.74) is 1.60. The summed E-state index contributed by atoms with van der Waals surface area (Å²) in [5, 5.41) is 3.77. The Morgan fingerprint density at radius 1 is 1.17 bits per heavy atom.